The number of benzene rings is 4. The van der Waals surface area contributed by atoms with Crippen LogP contribution in [0.2, 0.25) is 0 Å². The lowest BCUT2D eigenvalue weighted by molar-refractivity contribution is -0.116. The highest BCUT2D eigenvalue weighted by molar-refractivity contribution is 6.06. The summed E-state index contributed by atoms with van der Waals surface area (Å²) in [6.45, 7) is 1.90. The van der Waals surface area contributed by atoms with Gasteiger partial charge in [-0.2, -0.15) is 0 Å². The van der Waals surface area contributed by atoms with Crippen molar-refractivity contribution in [3.8, 4) is 0 Å². The number of amides is 2. The van der Waals surface area contributed by atoms with Gasteiger partial charge in [0.05, 0.1) is 5.92 Å². The Balaban J connectivity index is 1.55. The van der Waals surface area contributed by atoms with Gasteiger partial charge in [-0.05, 0) is 47.9 Å². The van der Waals surface area contributed by atoms with Crippen LogP contribution in [0.15, 0.2) is 109 Å². The molecule has 0 unspecified atom stereocenters. The number of hydrogen-bond donors (Lipinski definition) is 2. The van der Waals surface area contributed by atoms with E-state index in [0.717, 1.165) is 16.7 Å². The fourth-order valence-electron chi connectivity index (χ4n) is 3.70. The summed E-state index contributed by atoms with van der Waals surface area (Å²) in [7, 11) is 0. The van der Waals surface area contributed by atoms with Crippen molar-refractivity contribution in [1.29, 1.82) is 0 Å². The van der Waals surface area contributed by atoms with Gasteiger partial charge in [0.15, 0.2) is 0 Å². The van der Waals surface area contributed by atoms with Crippen LogP contribution >= 0.6 is 0 Å². The molecule has 0 spiro atoms. The summed E-state index contributed by atoms with van der Waals surface area (Å²) in [5.74, 6) is -0.759. The first-order valence-corrected chi connectivity index (χ1v) is 10.5. The Labute approximate surface area is 187 Å². The van der Waals surface area contributed by atoms with E-state index in [1.54, 1.807) is 18.2 Å². The summed E-state index contributed by atoms with van der Waals surface area (Å²) in [5, 5.41) is 5.93. The van der Waals surface area contributed by atoms with Gasteiger partial charge in [0, 0.05) is 16.9 Å². The van der Waals surface area contributed by atoms with E-state index in [4.69, 9.17) is 0 Å². The monoisotopic (exact) mass is 420 g/mol. The summed E-state index contributed by atoms with van der Waals surface area (Å²) >= 11 is 0. The van der Waals surface area contributed by atoms with Gasteiger partial charge in [-0.25, -0.2) is 0 Å². The van der Waals surface area contributed by atoms with Gasteiger partial charge in [-0.3, -0.25) is 9.59 Å². The molecule has 4 heteroatoms. The Kier molecular flexibility index (Phi) is 6.42. The van der Waals surface area contributed by atoms with E-state index in [0.29, 0.717) is 16.9 Å². The van der Waals surface area contributed by atoms with Crippen molar-refractivity contribution < 1.29 is 9.59 Å². The van der Waals surface area contributed by atoms with Crippen LogP contribution in [-0.4, -0.2) is 11.8 Å². The Morgan fingerprint density at radius 2 is 1.16 bits per heavy atom. The largest absolute Gasteiger partial charge is 0.325 e. The first-order valence-electron chi connectivity index (χ1n) is 10.5. The third-order valence-electron chi connectivity index (χ3n) is 5.31. The van der Waals surface area contributed by atoms with Gasteiger partial charge in [0.1, 0.15) is 0 Å². The van der Waals surface area contributed by atoms with Gasteiger partial charge >= 0.3 is 0 Å². The minimum absolute atomic E-state index is 0.134. The molecule has 2 amide bonds. The third-order valence-corrected chi connectivity index (χ3v) is 5.31. The summed E-state index contributed by atoms with van der Waals surface area (Å²) in [4.78, 5) is 26.0. The summed E-state index contributed by atoms with van der Waals surface area (Å²) in [5.41, 5.74) is 4.60. The van der Waals surface area contributed by atoms with Crippen molar-refractivity contribution in [1.82, 2.24) is 0 Å². The molecule has 2 N–H and O–H groups in total. The maximum atomic E-state index is 13.3. The Bertz CT molecular complexity index is 1180. The van der Waals surface area contributed by atoms with Crippen LogP contribution in [0.5, 0.6) is 0 Å². The molecule has 0 atom stereocenters. The van der Waals surface area contributed by atoms with E-state index in [-0.39, 0.29) is 11.8 Å². The predicted molar refractivity (Wildman–Crippen MR) is 129 cm³/mol. The summed E-state index contributed by atoms with van der Waals surface area (Å²) in [6, 6.07) is 34.0. The van der Waals surface area contributed by atoms with Crippen LogP contribution in [0.1, 0.15) is 33.0 Å². The lowest BCUT2D eigenvalue weighted by atomic mass is 9.90. The first-order chi connectivity index (χ1) is 15.6. The minimum Gasteiger partial charge on any atom is -0.325 e. The molecule has 0 fully saturated rings. The molecule has 0 aromatic heterocycles. The van der Waals surface area contributed by atoms with Crippen molar-refractivity contribution in [2.45, 2.75) is 12.8 Å². The molecule has 0 aliphatic heterocycles. The molecule has 0 aliphatic rings. The van der Waals surface area contributed by atoms with Crippen molar-refractivity contribution in [2.75, 3.05) is 10.6 Å². The van der Waals surface area contributed by atoms with Crippen molar-refractivity contribution in [3.05, 3.63) is 131 Å². The van der Waals surface area contributed by atoms with E-state index in [1.807, 2.05) is 97.9 Å². The van der Waals surface area contributed by atoms with Crippen LogP contribution < -0.4 is 10.6 Å². The van der Waals surface area contributed by atoms with Gasteiger partial charge in [-0.15, -0.1) is 0 Å². The number of nitrogens with one attached hydrogen (secondary N) is 2. The van der Waals surface area contributed by atoms with Gasteiger partial charge in [0.25, 0.3) is 5.91 Å². The molecule has 0 heterocycles. The Hall–Kier alpha value is -4.18. The second-order valence-electron chi connectivity index (χ2n) is 7.59. The second-order valence-corrected chi connectivity index (χ2v) is 7.59. The maximum Gasteiger partial charge on any atom is 0.255 e. The van der Waals surface area contributed by atoms with E-state index in [2.05, 4.69) is 10.6 Å². The highest BCUT2D eigenvalue weighted by Gasteiger charge is 2.22. The van der Waals surface area contributed by atoms with Crippen LogP contribution in [0.4, 0.5) is 11.4 Å². The molecule has 0 radical (unpaired) electrons. The zero-order valence-corrected chi connectivity index (χ0v) is 17.8. The number of hydrogen-bond acceptors (Lipinski definition) is 2. The van der Waals surface area contributed by atoms with Crippen molar-refractivity contribution in [3.63, 3.8) is 0 Å². The smallest absolute Gasteiger partial charge is 0.255 e. The second kappa shape index (κ2) is 9.75. The van der Waals surface area contributed by atoms with Gasteiger partial charge in [0.2, 0.25) is 5.91 Å². The fraction of sp³-hybridized carbons (Fsp3) is 0.0714. The molecular formula is C28H24N2O2. The molecule has 0 bridgehead atoms. The van der Waals surface area contributed by atoms with Gasteiger partial charge in [-0.1, -0.05) is 84.9 Å². The fourth-order valence-corrected chi connectivity index (χ4v) is 3.70. The van der Waals surface area contributed by atoms with Crippen molar-refractivity contribution in [2.24, 2.45) is 0 Å². The molecule has 0 saturated heterocycles. The third kappa shape index (κ3) is 4.93. The average molecular weight is 421 g/mol. The number of rotatable bonds is 6. The van der Waals surface area contributed by atoms with Crippen molar-refractivity contribution >= 4 is 23.2 Å². The van der Waals surface area contributed by atoms with Crippen LogP contribution in [0, 0.1) is 6.92 Å². The number of anilines is 2. The van der Waals surface area contributed by atoms with Crippen LogP contribution in [0.25, 0.3) is 0 Å². The molecular weight excluding hydrogens is 396 g/mol. The summed E-state index contributed by atoms with van der Waals surface area (Å²) in [6.07, 6.45) is 0. The Morgan fingerprint density at radius 3 is 1.75 bits per heavy atom. The zero-order chi connectivity index (χ0) is 22.3. The highest BCUT2D eigenvalue weighted by atomic mass is 16.2. The molecule has 4 aromatic carbocycles. The van der Waals surface area contributed by atoms with E-state index in [1.165, 1.54) is 0 Å². The maximum absolute atomic E-state index is 13.3. The van der Waals surface area contributed by atoms with E-state index >= 15 is 0 Å². The number of aryl methyl sites for hydroxylation is 1. The summed E-state index contributed by atoms with van der Waals surface area (Å²) < 4.78 is 0. The number of carbonyl (C=O) groups excluding carboxylic acids is 2. The lowest BCUT2D eigenvalue weighted by Crippen LogP contribution is -2.22. The zero-order valence-electron chi connectivity index (χ0n) is 17.8. The molecule has 158 valence electrons. The normalized spacial score (nSPS) is 10.6. The molecule has 0 saturated carbocycles. The van der Waals surface area contributed by atoms with Gasteiger partial charge < -0.3 is 10.6 Å². The lowest BCUT2D eigenvalue weighted by Gasteiger charge is -2.18. The standard InChI is InChI=1S/C28H24N2O2/c1-20-11-8-9-18-25(20)27(31)29-23-16-10-17-24(19-23)30-28(32)26(21-12-4-2-5-13-21)22-14-6-3-7-15-22/h2-19,26H,1H3,(H,29,31)(H,30,32). The molecule has 4 nitrogen and oxygen atoms in total. The highest BCUT2D eigenvalue weighted by Crippen LogP contribution is 2.27. The number of carbonyl (C=O) groups is 2. The van der Waals surface area contributed by atoms with Crippen LogP contribution in [0.3, 0.4) is 0 Å². The predicted octanol–water partition coefficient (Wildman–Crippen LogP) is 6.02. The quantitative estimate of drug-likeness (QED) is 0.401. The van der Waals surface area contributed by atoms with E-state index < -0.39 is 5.92 Å². The Morgan fingerprint density at radius 1 is 0.625 bits per heavy atom. The van der Waals surface area contributed by atoms with E-state index in [9.17, 15) is 9.59 Å². The minimum atomic E-state index is -0.442. The molecule has 4 rings (SSSR count). The first kappa shape index (κ1) is 21.1. The topological polar surface area (TPSA) is 58.2 Å². The molecule has 0 aliphatic carbocycles. The SMILES string of the molecule is Cc1ccccc1C(=O)Nc1cccc(NC(=O)C(c2ccccc2)c2ccccc2)c1. The van der Waals surface area contributed by atoms with Crippen LogP contribution in [-0.2, 0) is 4.79 Å². The molecule has 32 heavy (non-hydrogen) atoms. The molecule has 4 aromatic rings. The average Bonchev–Trinajstić information content (AvgIpc) is 2.81.